The molecule has 4 rings (SSSR count). The second kappa shape index (κ2) is 9.32. The van der Waals surface area contributed by atoms with Gasteiger partial charge in [0.15, 0.2) is 0 Å². The highest BCUT2D eigenvalue weighted by Gasteiger charge is 2.34. The van der Waals surface area contributed by atoms with E-state index in [1.54, 1.807) is 9.80 Å². The summed E-state index contributed by atoms with van der Waals surface area (Å²) in [7, 11) is 0. The van der Waals surface area contributed by atoms with E-state index in [2.05, 4.69) is 4.98 Å². The van der Waals surface area contributed by atoms with Crippen LogP contribution in [0, 0.1) is 10.1 Å². The van der Waals surface area contributed by atoms with Gasteiger partial charge in [-0.15, -0.1) is 11.3 Å². The zero-order valence-electron chi connectivity index (χ0n) is 17.2. The number of anilines is 1. The van der Waals surface area contributed by atoms with E-state index in [9.17, 15) is 28.1 Å². The first-order valence-electron chi connectivity index (χ1n) is 10.0. The molecule has 0 N–H and O–H groups in total. The Balaban J connectivity index is 1.32. The second-order valence-corrected chi connectivity index (χ2v) is 8.51. The molecule has 33 heavy (non-hydrogen) atoms. The highest BCUT2D eigenvalue weighted by Crippen LogP contribution is 2.36. The number of rotatable bonds is 6. The van der Waals surface area contributed by atoms with Gasteiger partial charge in [0.25, 0.3) is 5.69 Å². The summed E-state index contributed by atoms with van der Waals surface area (Å²) in [6, 6.07) is 10.2. The van der Waals surface area contributed by atoms with Gasteiger partial charge >= 0.3 is 6.18 Å². The molecule has 8 nitrogen and oxygen atoms in total. The molecule has 1 aromatic heterocycles. The number of alkyl halides is 3. The van der Waals surface area contributed by atoms with Crippen LogP contribution in [-0.4, -0.2) is 53.5 Å². The Morgan fingerprint density at radius 2 is 1.88 bits per heavy atom. The molecular formula is C21H19F3N4O4S. The van der Waals surface area contributed by atoms with Gasteiger partial charge in [-0.05, 0) is 24.3 Å². The van der Waals surface area contributed by atoms with Gasteiger partial charge in [-0.1, -0.05) is 12.1 Å². The van der Waals surface area contributed by atoms with Gasteiger partial charge in [0.05, 0.1) is 27.3 Å². The molecule has 174 valence electrons. The van der Waals surface area contributed by atoms with Gasteiger partial charge in [-0.25, -0.2) is 4.98 Å². The Morgan fingerprint density at radius 3 is 2.55 bits per heavy atom. The number of nitrogens with zero attached hydrogens (tertiary/aromatic N) is 4. The Morgan fingerprint density at radius 1 is 1.15 bits per heavy atom. The van der Waals surface area contributed by atoms with Crippen molar-refractivity contribution in [1.29, 1.82) is 0 Å². The summed E-state index contributed by atoms with van der Waals surface area (Å²) in [5.74, 6) is -0.224. The molecule has 2 aromatic carbocycles. The van der Waals surface area contributed by atoms with Crippen LogP contribution in [0.15, 0.2) is 42.5 Å². The number of nitro groups is 1. The Bertz CT molecular complexity index is 1140. The first-order chi connectivity index (χ1) is 15.7. The van der Waals surface area contributed by atoms with E-state index in [1.807, 2.05) is 24.3 Å². The van der Waals surface area contributed by atoms with Gasteiger partial charge in [0.2, 0.25) is 5.91 Å². The van der Waals surface area contributed by atoms with E-state index >= 15 is 0 Å². The lowest BCUT2D eigenvalue weighted by molar-refractivity contribution is -0.384. The van der Waals surface area contributed by atoms with Crippen LogP contribution in [0.3, 0.4) is 0 Å². The molecule has 1 aliphatic rings. The summed E-state index contributed by atoms with van der Waals surface area (Å²) < 4.78 is 45.3. The highest BCUT2D eigenvalue weighted by molar-refractivity contribution is 7.18. The van der Waals surface area contributed by atoms with Crippen LogP contribution in [0.1, 0.15) is 10.6 Å². The number of halogens is 3. The van der Waals surface area contributed by atoms with Gasteiger partial charge in [-0.2, -0.15) is 13.2 Å². The maximum Gasteiger partial charge on any atom is 0.416 e. The number of aromatic nitrogens is 1. The van der Waals surface area contributed by atoms with Crippen molar-refractivity contribution < 1.29 is 27.6 Å². The van der Waals surface area contributed by atoms with E-state index in [1.165, 1.54) is 11.3 Å². The molecule has 1 fully saturated rings. The van der Waals surface area contributed by atoms with Crippen molar-refractivity contribution in [2.24, 2.45) is 0 Å². The fourth-order valence-corrected chi connectivity index (χ4v) is 4.51. The minimum atomic E-state index is -4.67. The normalized spacial score (nSPS) is 14.6. The van der Waals surface area contributed by atoms with E-state index in [-0.39, 0.29) is 51.0 Å². The van der Waals surface area contributed by atoms with Gasteiger partial charge in [-0.3, -0.25) is 14.9 Å². The summed E-state index contributed by atoms with van der Waals surface area (Å²) in [5.41, 5.74) is -0.700. The largest absolute Gasteiger partial charge is 0.416 e. The maximum absolute atomic E-state index is 12.9. The number of carbonyl (C=O) groups is 1. The highest BCUT2D eigenvalue weighted by atomic mass is 32.1. The second-order valence-electron chi connectivity index (χ2n) is 7.39. The lowest BCUT2D eigenvalue weighted by Gasteiger charge is -2.35. The molecule has 0 unspecified atom stereocenters. The predicted molar refractivity (Wildman–Crippen MR) is 116 cm³/mol. The summed E-state index contributed by atoms with van der Waals surface area (Å²) in [6.07, 6.45) is -4.67. The van der Waals surface area contributed by atoms with Crippen molar-refractivity contribution in [3.8, 4) is 0 Å². The standard InChI is InChI=1S/C21H19F3N4O4S/c22-21(23,24)14-5-6-16(17(11-14)28(30)31)26-7-9-27(10-8-26)20(29)13-32-12-19-25-15-3-1-2-4-18(15)33-19/h1-6,11H,7-10,12-13H2. The minimum absolute atomic E-state index is 0.104. The van der Waals surface area contributed by atoms with Crippen LogP contribution < -0.4 is 4.90 Å². The first-order valence-corrected chi connectivity index (χ1v) is 10.8. The summed E-state index contributed by atoms with van der Waals surface area (Å²) in [5, 5.41) is 12.1. The molecule has 1 amide bonds. The van der Waals surface area contributed by atoms with Crippen LogP contribution in [0.5, 0.6) is 0 Å². The predicted octanol–water partition coefficient (Wildman–Crippen LogP) is 4.09. The first kappa shape index (κ1) is 22.9. The summed E-state index contributed by atoms with van der Waals surface area (Å²) in [4.78, 5) is 30.6. The van der Waals surface area contributed by atoms with Crippen LogP contribution in [0.25, 0.3) is 10.2 Å². The van der Waals surface area contributed by atoms with Gasteiger partial charge in [0, 0.05) is 32.2 Å². The quantitative estimate of drug-likeness (QED) is 0.390. The van der Waals surface area contributed by atoms with Crippen molar-refractivity contribution in [2.75, 3.05) is 37.7 Å². The molecule has 1 aliphatic heterocycles. The fraction of sp³-hybridized carbons (Fsp3) is 0.333. The van der Waals surface area contributed by atoms with Crippen LogP contribution in [0.2, 0.25) is 0 Å². The number of piperazine rings is 1. The average Bonchev–Trinajstić information content (AvgIpc) is 3.21. The van der Waals surface area contributed by atoms with Gasteiger partial charge in [0.1, 0.15) is 17.3 Å². The number of ether oxygens (including phenoxy) is 1. The molecule has 2 heterocycles. The van der Waals surface area contributed by atoms with E-state index in [4.69, 9.17) is 4.74 Å². The Hall–Kier alpha value is -3.25. The fourth-order valence-electron chi connectivity index (χ4n) is 3.61. The van der Waals surface area contributed by atoms with Crippen molar-refractivity contribution in [1.82, 2.24) is 9.88 Å². The van der Waals surface area contributed by atoms with E-state index < -0.39 is 22.4 Å². The smallest absolute Gasteiger partial charge is 0.364 e. The third kappa shape index (κ3) is 5.22. The lowest BCUT2D eigenvalue weighted by atomic mass is 10.1. The van der Waals surface area contributed by atoms with Crippen LogP contribution >= 0.6 is 11.3 Å². The van der Waals surface area contributed by atoms with E-state index in [0.717, 1.165) is 27.4 Å². The zero-order chi connectivity index (χ0) is 23.6. The van der Waals surface area contributed by atoms with Crippen molar-refractivity contribution in [3.63, 3.8) is 0 Å². The number of carbonyl (C=O) groups excluding carboxylic acids is 1. The molecule has 12 heteroatoms. The number of hydrogen-bond acceptors (Lipinski definition) is 7. The zero-order valence-corrected chi connectivity index (χ0v) is 18.1. The molecular weight excluding hydrogens is 461 g/mol. The van der Waals surface area contributed by atoms with Gasteiger partial charge < -0.3 is 14.5 Å². The number of thiazole rings is 1. The number of benzene rings is 2. The van der Waals surface area contributed by atoms with Crippen molar-refractivity contribution in [2.45, 2.75) is 12.8 Å². The molecule has 0 spiro atoms. The minimum Gasteiger partial charge on any atom is -0.364 e. The monoisotopic (exact) mass is 480 g/mol. The lowest BCUT2D eigenvalue weighted by Crippen LogP contribution is -2.49. The molecule has 0 aliphatic carbocycles. The molecule has 0 saturated carbocycles. The number of nitro benzene ring substituents is 1. The number of para-hydroxylation sites is 1. The number of amides is 1. The van der Waals surface area contributed by atoms with Crippen molar-refractivity contribution in [3.05, 3.63) is 63.1 Å². The van der Waals surface area contributed by atoms with Crippen LogP contribution in [0.4, 0.5) is 24.5 Å². The summed E-state index contributed by atoms with van der Waals surface area (Å²) in [6.45, 7) is 1.16. The van der Waals surface area contributed by atoms with E-state index in [0.29, 0.717) is 6.07 Å². The summed E-state index contributed by atoms with van der Waals surface area (Å²) >= 11 is 1.50. The molecule has 1 saturated heterocycles. The maximum atomic E-state index is 12.9. The Labute approximate surface area is 190 Å². The average molecular weight is 480 g/mol. The molecule has 0 radical (unpaired) electrons. The van der Waals surface area contributed by atoms with Crippen molar-refractivity contribution >= 4 is 38.8 Å². The molecule has 0 atom stereocenters. The Kier molecular flexibility index (Phi) is 6.47. The third-order valence-corrected chi connectivity index (χ3v) is 6.27. The SMILES string of the molecule is O=C(COCc1nc2ccccc2s1)N1CCN(c2ccc(C(F)(F)F)cc2[N+](=O)[O-])CC1. The number of hydrogen-bond donors (Lipinski definition) is 0. The molecule has 0 bridgehead atoms. The molecule has 3 aromatic rings. The third-order valence-electron chi connectivity index (χ3n) is 5.26. The topological polar surface area (TPSA) is 88.8 Å². The van der Waals surface area contributed by atoms with Crippen LogP contribution in [-0.2, 0) is 22.3 Å². The number of fused-ring (bicyclic) bond motifs is 1.